The number of benzene rings is 2. The van der Waals surface area contributed by atoms with Crippen LogP contribution in [0.3, 0.4) is 0 Å². The minimum absolute atomic E-state index is 0.0476. The highest BCUT2D eigenvalue weighted by molar-refractivity contribution is 5.83. The number of piperazine rings is 1. The number of rotatable bonds is 3. The van der Waals surface area contributed by atoms with Crippen molar-refractivity contribution in [3.05, 3.63) is 65.2 Å². The second-order valence-electron chi connectivity index (χ2n) is 7.93. The van der Waals surface area contributed by atoms with E-state index in [-0.39, 0.29) is 17.7 Å². The molecule has 166 valence electrons. The summed E-state index contributed by atoms with van der Waals surface area (Å²) in [5, 5.41) is 0. The molecule has 2 fully saturated rings. The number of amides is 1. The Labute approximate surface area is 175 Å². The Bertz CT molecular complexity index is 946. The zero-order valence-corrected chi connectivity index (χ0v) is 16.4. The Morgan fingerprint density at radius 3 is 2.00 bits per heavy atom. The Morgan fingerprint density at radius 2 is 1.42 bits per heavy atom. The van der Waals surface area contributed by atoms with Crippen molar-refractivity contribution in [3.63, 3.8) is 0 Å². The van der Waals surface area contributed by atoms with E-state index in [9.17, 15) is 31.1 Å². The molecular weight excluding hydrogens is 422 g/mol. The first-order valence-corrected chi connectivity index (χ1v) is 9.92. The highest BCUT2D eigenvalue weighted by Crippen LogP contribution is 2.49. The molecule has 0 radical (unpaired) electrons. The van der Waals surface area contributed by atoms with Gasteiger partial charge in [0, 0.05) is 37.8 Å². The number of nitrogens with zero attached hydrogens (tertiary/aromatic N) is 2. The molecule has 0 bridgehead atoms. The summed E-state index contributed by atoms with van der Waals surface area (Å²) in [5.74, 6) is -0.387. The number of hydrogen-bond donors (Lipinski definition) is 0. The van der Waals surface area contributed by atoms with E-state index in [1.807, 2.05) is 4.90 Å². The molecule has 0 N–H and O–H groups in total. The van der Waals surface area contributed by atoms with Crippen molar-refractivity contribution >= 4 is 11.6 Å². The Morgan fingerprint density at radius 1 is 0.806 bits per heavy atom. The fourth-order valence-corrected chi connectivity index (χ4v) is 4.05. The van der Waals surface area contributed by atoms with Gasteiger partial charge in [0.05, 0.1) is 11.1 Å². The average molecular weight is 442 g/mol. The van der Waals surface area contributed by atoms with Gasteiger partial charge in [-0.05, 0) is 48.2 Å². The third-order valence-corrected chi connectivity index (χ3v) is 5.90. The highest BCUT2D eigenvalue weighted by atomic mass is 19.4. The third-order valence-electron chi connectivity index (χ3n) is 5.90. The van der Waals surface area contributed by atoms with E-state index in [0.29, 0.717) is 43.9 Å². The molecule has 9 heteroatoms. The van der Waals surface area contributed by atoms with Gasteiger partial charge in [0.1, 0.15) is 0 Å². The van der Waals surface area contributed by atoms with Crippen LogP contribution in [0.25, 0.3) is 0 Å². The average Bonchev–Trinajstić information content (AvgIpc) is 3.53. The molecule has 3 nitrogen and oxygen atoms in total. The molecule has 1 saturated heterocycles. The summed E-state index contributed by atoms with van der Waals surface area (Å²) in [5.41, 5.74) is -0.240. The Kier molecular flexibility index (Phi) is 5.39. The first kappa shape index (κ1) is 21.5. The molecule has 1 heterocycles. The number of halogens is 6. The molecule has 2 atom stereocenters. The van der Waals surface area contributed by atoms with E-state index in [4.69, 9.17) is 0 Å². The predicted molar refractivity (Wildman–Crippen MR) is 103 cm³/mol. The number of anilines is 1. The second kappa shape index (κ2) is 7.76. The quantitative estimate of drug-likeness (QED) is 0.612. The lowest BCUT2D eigenvalue weighted by Crippen LogP contribution is -2.49. The van der Waals surface area contributed by atoms with Gasteiger partial charge in [0.15, 0.2) is 0 Å². The van der Waals surface area contributed by atoms with Crippen molar-refractivity contribution in [2.75, 3.05) is 31.1 Å². The van der Waals surface area contributed by atoms with E-state index < -0.39 is 23.5 Å². The van der Waals surface area contributed by atoms with Crippen LogP contribution in [0.15, 0.2) is 48.5 Å². The lowest BCUT2D eigenvalue weighted by atomic mass is 10.1. The summed E-state index contributed by atoms with van der Waals surface area (Å²) in [6.45, 7) is 1.63. The van der Waals surface area contributed by atoms with Gasteiger partial charge in [-0.25, -0.2) is 0 Å². The maximum atomic E-state index is 12.9. The van der Waals surface area contributed by atoms with Crippen LogP contribution < -0.4 is 4.90 Å². The second-order valence-corrected chi connectivity index (χ2v) is 7.93. The molecule has 1 amide bonds. The molecule has 31 heavy (non-hydrogen) atoms. The van der Waals surface area contributed by atoms with Gasteiger partial charge in [-0.15, -0.1) is 0 Å². The van der Waals surface area contributed by atoms with Crippen LogP contribution in [0, 0.1) is 5.92 Å². The molecule has 1 aliphatic heterocycles. The molecule has 0 spiro atoms. The van der Waals surface area contributed by atoms with E-state index in [2.05, 4.69) is 0 Å². The Hall–Kier alpha value is -2.71. The summed E-state index contributed by atoms with van der Waals surface area (Å²) < 4.78 is 76.9. The van der Waals surface area contributed by atoms with Crippen LogP contribution in [-0.4, -0.2) is 37.0 Å². The monoisotopic (exact) mass is 442 g/mol. The van der Waals surface area contributed by atoms with Crippen LogP contribution in [0.1, 0.15) is 29.0 Å². The molecule has 2 aromatic rings. The van der Waals surface area contributed by atoms with Gasteiger partial charge >= 0.3 is 12.4 Å². The molecule has 4 rings (SSSR count). The first-order valence-electron chi connectivity index (χ1n) is 9.92. The topological polar surface area (TPSA) is 23.6 Å². The standard InChI is InChI=1S/C22H20F6N2O/c23-21(24,25)15-6-4-14(5-7-15)18-13-19(18)20(31)30-10-8-29(9-11-30)17-3-1-2-16(12-17)22(26,27)28/h1-7,12,18-19H,8-11,13H2. The minimum Gasteiger partial charge on any atom is -0.368 e. The van der Waals surface area contributed by atoms with Crippen molar-refractivity contribution in [3.8, 4) is 0 Å². The number of carbonyl (C=O) groups excluding carboxylic acids is 1. The first-order chi connectivity index (χ1) is 14.5. The lowest BCUT2D eigenvalue weighted by molar-refractivity contribution is -0.138. The van der Waals surface area contributed by atoms with E-state index in [1.165, 1.54) is 18.2 Å². The van der Waals surface area contributed by atoms with Gasteiger partial charge in [-0.2, -0.15) is 26.3 Å². The van der Waals surface area contributed by atoms with Crippen LogP contribution in [0.5, 0.6) is 0 Å². The van der Waals surface area contributed by atoms with E-state index in [1.54, 1.807) is 11.0 Å². The number of alkyl halides is 6. The van der Waals surface area contributed by atoms with Crippen molar-refractivity contribution in [2.24, 2.45) is 5.92 Å². The highest BCUT2D eigenvalue weighted by Gasteiger charge is 2.46. The lowest BCUT2D eigenvalue weighted by Gasteiger charge is -2.36. The largest absolute Gasteiger partial charge is 0.416 e. The molecule has 2 unspecified atom stereocenters. The smallest absolute Gasteiger partial charge is 0.368 e. The molecule has 1 aliphatic carbocycles. The van der Waals surface area contributed by atoms with Crippen molar-refractivity contribution in [1.29, 1.82) is 0 Å². The van der Waals surface area contributed by atoms with Crippen molar-refractivity contribution in [2.45, 2.75) is 24.7 Å². The van der Waals surface area contributed by atoms with Crippen molar-refractivity contribution in [1.82, 2.24) is 4.90 Å². The fraction of sp³-hybridized carbons (Fsp3) is 0.409. The summed E-state index contributed by atoms with van der Waals surface area (Å²) in [6, 6.07) is 10.0. The van der Waals surface area contributed by atoms with Crippen LogP contribution in [0.4, 0.5) is 32.0 Å². The van der Waals surface area contributed by atoms with Crippen molar-refractivity contribution < 1.29 is 31.1 Å². The fourth-order valence-electron chi connectivity index (χ4n) is 4.05. The van der Waals surface area contributed by atoms with Gasteiger partial charge in [0.25, 0.3) is 0 Å². The normalized spacial score (nSPS) is 21.9. The van der Waals surface area contributed by atoms with Gasteiger partial charge in [-0.3, -0.25) is 4.79 Å². The minimum atomic E-state index is -4.41. The van der Waals surface area contributed by atoms with Gasteiger partial charge in [0.2, 0.25) is 5.91 Å². The van der Waals surface area contributed by atoms with Gasteiger partial charge < -0.3 is 9.80 Å². The molecule has 1 saturated carbocycles. The molecule has 2 aliphatic rings. The third kappa shape index (κ3) is 4.65. The van der Waals surface area contributed by atoms with E-state index in [0.717, 1.165) is 24.3 Å². The SMILES string of the molecule is O=C(C1CC1c1ccc(C(F)(F)F)cc1)N1CCN(c2cccc(C(F)(F)F)c2)CC1. The summed E-state index contributed by atoms with van der Waals surface area (Å²) in [6.07, 6.45) is -8.21. The zero-order valence-electron chi connectivity index (χ0n) is 16.4. The Balaban J connectivity index is 1.33. The maximum Gasteiger partial charge on any atom is 0.416 e. The van der Waals surface area contributed by atoms with E-state index >= 15 is 0 Å². The maximum absolute atomic E-state index is 12.9. The summed E-state index contributed by atoms with van der Waals surface area (Å²) in [7, 11) is 0. The molecular formula is C22H20F6N2O. The van der Waals surface area contributed by atoms with Gasteiger partial charge in [-0.1, -0.05) is 18.2 Å². The summed E-state index contributed by atoms with van der Waals surface area (Å²) in [4.78, 5) is 16.3. The molecule has 2 aromatic carbocycles. The zero-order chi connectivity index (χ0) is 22.4. The van der Waals surface area contributed by atoms with Crippen LogP contribution >= 0.6 is 0 Å². The summed E-state index contributed by atoms with van der Waals surface area (Å²) >= 11 is 0. The van der Waals surface area contributed by atoms with Crippen LogP contribution in [0.2, 0.25) is 0 Å². The number of carbonyl (C=O) groups is 1. The van der Waals surface area contributed by atoms with Crippen LogP contribution in [-0.2, 0) is 17.1 Å². The number of hydrogen-bond acceptors (Lipinski definition) is 2. The predicted octanol–water partition coefficient (Wildman–Crippen LogP) is 5.18. The molecule has 0 aromatic heterocycles.